The molecule has 0 radical (unpaired) electrons. The molecule has 1 heterocycles. The Balaban J connectivity index is 2.69. The van der Waals surface area contributed by atoms with Gasteiger partial charge in [-0.2, -0.15) is 0 Å². The minimum atomic E-state index is 0.407. The normalized spacial score (nSPS) is 11.6. The third-order valence-corrected chi connectivity index (χ3v) is 3.43. The fourth-order valence-electron chi connectivity index (χ4n) is 2.02. The van der Waals surface area contributed by atoms with Gasteiger partial charge in [-0.1, -0.05) is 41.4 Å². The lowest BCUT2D eigenvalue weighted by molar-refractivity contribution is 0.535. The molecule has 17 heavy (non-hydrogen) atoms. The Bertz CT molecular complexity index is 548. The van der Waals surface area contributed by atoms with Gasteiger partial charge in [-0.3, -0.25) is 0 Å². The number of benzene rings is 1. The van der Waals surface area contributed by atoms with Crippen molar-refractivity contribution in [1.29, 1.82) is 0 Å². The lowest BCUT2D eigenvalue weighted by Crippen LogP contribution is -2.01. The maximum atomic E-state index is 6.18. The zero-order valence-corrected chi connectivity index (χ0v) is 12.2. The van der Waals surface area contributed by atoms with Crippen molar-refractivity contribution in [3.8, 4) is 0 Å². The maximum Gasteiger partial charge on any atom is 0.153 e. The van der Waals surface area contributed by atoms with Gasteiger partial charge in [0, 0.05) is 15.4 Å². The number of fused-ring (bicyclic) bond motifs is 1. The van der Waals surface area contributed by atoms with Gasteiger partial charge in [-0.15, -0.1) is 0 Å². The van der Waals surface area contributed by atoms with Crippen LogP contribution < -0.4 is 5.73 Å². The summed E-state index contributed by atoms with van der Waals surface area (Å²) in [6, 6.07) is 3.88. The van der Waals surface area contributed by atoms with Gasteiger partial charge in [-0.25, -0.2) is 0 Å². The van der Waals surface area contributed by atoms with E-state index in [1.165, 1.54) is 5.56 Å². The number of rotatable bonds is 3. The molecule has 0 spiro atoms. The summed E-state index contributed by atoms with van der Waals surface area (Å²) in [7, 11) is 0. The van der Waals surface area contributed by atoms with E-state index in [0.717, 1.165) is 27.6 Å². The van der Waals surface area contributed by atoms with E-state index in [2.05, 4.69) is 29.8 Å². The summed E-state index contributed by atoms with van der Waals surface area (Å²) in [6.07, 6.45) is 0.951. The Hall–Kier alpha value is -0.510. The second-order valence-corrected chi connectivity index (χ2v) is 5.89. The molecule has 0 saturated heterocycles. The number of furan rings is 1. The lowest BCUT2D eigenvalue weighted by atomic mass is 10.00. The van der Waals surface area contributed by atoms with Crippen LogP contribution in [0.15, 0.2) is 21.0 Å². The van der Waals surface area contributed by atoms with Crippen LogP contribution in [0.3, 0.4) is 0 Å². The smallest absolute Gasteiger partial charge is 0.153 e. The van der Waals surface area contributed by atoms with Crippen LogP contribution >= 0.6 is 27.5 Å². The fourth-order valence-corrected chi connectivity index (χ4v) is 2.87. The van der Waals surface area contributed by atoms with E-state index in [4.69, 9.17) is 21.8 Å². The quantitative estimate of drug-likeness (QED) is 0.905. The van der Waals surface area contributed by atoms with Crippen molar-refractivity contribution in [3.05, 3.63) is 33.0 Å². The molecule has 0 amide bonds. The molecule has 2 aromatic rings. The van der Waals surface area contributed by atoms with Crippen molar-refractivity contribution in [2.24, 2.45) is 11.7 Å². The molecule has 0 aliphatic heterocycles. The Morgan fingerprint density at radius 2 is 2.12 bits per heavy atom. The van der Waals surface area contributed by atoms with Gasteiger partial charge >= 0.3 is 0 Å². The van der Waals surface area contributed by atoms with Gasteiger partial charge in [0.15, 0.2) is 5.58 Å². The minimum absolute atomic E-state index is 0.407. The highest BCUT2D eigenvalue weighted by Crippen LogP contribution is 2.35. The van der Waals surface area contributed by atoms with Crippen molar-refractivity contribution in [2.75, 3.05) is 0 Å². The lowest BCUT2D eigenvalue weighted by Gasteiger charge is -2.04. The summed E-state index contributed by atoms with van der Waals surface area (Å²) < 4.78 is 6.72. The maximum absolute atomic E-state index is 6.18. The first kappa shape index (κ1) is 12.9. The molecular weight excluding hydrogens is 302 g/mol. The van der Waals surface area contributed by atoms with Gasteiger partial charge < -0.3 is 10.2 Å². The summed E-state index contributed by atoms with van der Waals surface area (Å²) >= 11 is 9.63. The molecule has 1 aromatic heterocycles. The van der Waals surface area contributed by atoms with E-state index in [-0.39, 0.29) is 0 Å². The highest BCUT2D eigenvalue weighted by molar-refractivity contribution is 9.10. The van der Waals surface area contributed by atoms with Crippen LogP contribution in [0.25, 0.3) is 11.0 Å². The molecular formula is C13H15BrClNO. The Morgan fingerprint density at radius 3 is 2.71 bits per heavy atom. The standard InChI is InChI=1S/C13H15BrClNO/c1-7(2)3-9-10-4-8(14)5-11(15)13(10)17-12(9)6-16/h4-5,7H,3,6,16H2,1-2H3. The van der Waals surface area contributed by atoms with Crippen molar-refractivity contribution >= 4 is 38.5 Å². The third-order valence-electron chi connectivity index (χ3n) is 2.69. The average Bonchev–Trinajstić information content (AvgIpc) is 2.56. The van der Waals surface area contributed by atoms with E-state index < -0.39 is 0 Å². The predicted molar refractivity (Wildman–Crippen MR) is 75.4 cm³/mol. The van der Waals surface area contributed by atoms with Crippen molar-refractivity contribution in [2.45, 2.75) is 26.8 Å². The molecule has 4 heteroatoms. The Kier molecular flexibility index (Phi) is 3.81. The van der Waals surface area contributed by atoms with Crippen LogP contribution in [0, 0.1) is 5.92 Å². The van der Waals surface area contributed by atoms with Crippen LogP contribution in [0.4, 0.5) is 0 Å². The molecule has 0 fully saturated rings. The molecule has 1 aromatic carbocycles. The molecule has 2 nitrogen and oxygen atoms in total. The second kappa shape index (κ2) is 5.01. The SMILES string of the molecule is CC(C)Cc1c(CN)oc2c(Cl)cc(Br)cc12. The molecule has 0 saturated carbocycles. The Morgan fingerprint density at radius 1 is 1.41 bits per heavy atom. The van der Waals surface area contributed by atoms with Crippen molar-refractivity contribution in [1.82, 2.24) is 0 Å². The first-order chi connectivity index (χ1) is 8.02. The van der Waals surface area contributed by atoms with Gasteiger partial charge in [0.1, 0.15) is 5.76 Å². The van der Waals surface area contributed by atoms with Gasteiger partial charge in [0.05, 0.1) is 11.6 Å². The largest absolute Gasteiger partial charge is 0.458 e. The first-order valence-electron chi connectivity index (χ1n) is 5.62. The molecule has 0 atom stereocenters. The molecule has 2 rings (SSSR count). The average molecular weight is 317 g/mol. The fraction of sp³-hybridized carbons (Fsp3) is 0.385. The van der Waals surface area contributed by atoms with Gasteiger partial charge in [0.25, 0.3) is 0 Å². The molecule has 2 N–H and O–H groups in total. The second-order valence-electron chi connectivity index (χ2n) is 4.57. The van der Waals surface area contributed by atoms with Crippen LogP contribution in [0.5, 0.6) is 0 Å². The summed E-state index contributed by atoms with van der Waals surface area (Å²) in [6.45, 7) is 4.77. The monoisotopic (exact) mass is 315 g/mol. The van der Waals surface area contributed by atoms with Crippen molar-refractivity contribution < 1.29 is 4.42 Å². The highest BCUT2D eigenvalue weighted by atomic mass is 79.9. The van der Waals surface area contributed by atoms with Gasteiger partial charge in [-0.05, 0) is 24.5 Å². The number of halogens is 2. The summed E-state index contributed by atoms with van der Waals surface area (Å²) in [5.74, 6) is 1.40. The molecule has 0 unspecified atom stereocenters. The topological polar surface area (TPSA) is 39.2 Å². The van der Waals surface area contributed by atoms with Gasteiger partial charge in [0.2, 0.25) is 0 Å². The predicted octanol–water partition coefficient (Wildman–Crippen LogP) is 4.51. The summed E-state index contributed by atoms with van der Waals surface area (Å²) in [4.78, 5) is 0. The molecule has 0 bridgehead atoms. The highest BCUT2D eigenvalue weighted by Gasteiger charge is 2.16. The van der Waals surface area contributed by atoms with E-state index >= 15 is 0 Å². The van der Waals surface area contributed by atoms with E-state index in [9.17, 15) is 0 Å². The Labute approximate surface area is 114 Å². The molecule has 0 aliphatic rings. The van der Waals surface area contributed by atoms with E-state index in [1.807, 2.05) is 12.1 Å². The van der Waals surface area contributed by atoms with Crippen LogP contribution in [-0.2, 0) is 13.0 Å². The van der Waals surface area contributed by atoms with Crippen molar-refractivity contribution in [3.63, 3.8) is 0 Å². The zero-order chi connectivity index (χ0) is 12.6. The first-order valence-corrected chi connectivity index (χ1v) is 6.79. The molecule has 92 valence electrons. The molecule has 0 aliphatic carbocycles. The number of nitrogens with two attached hydrogens (primary N) is 1. The minimum Gasteiger partial charge on any atom is -0.458 e. The summed E-state index contributed by atoms with van der Waals surface area (Å²) in [5, 5.41) is 1.69. The van der Waals surface area contributed by atoms with Crippen LogP contribution in [0.1, 0.15) is 25.2 Å². The number of hydrogen-bond donors (Lipinski definition) is 1. The third kappa shape index (κ3) is 2.51. The summed E-state index contributed by atoms with van der Waals surface area (Å²) in [5.41, 5.74) is 7.65. The zero-order valence-electron chi connectivity index (χ0n) is 9.89. The van der Waals surface area contributed by atoms with E-state index in [1.54, 1.807) is 0 Å². The number of hydrogen-bond acceptors (Lipinski definition) is 2. The van der Waals surface area contributed by atoms with E-state index in [0.29, 0.717) is 17.5 Å². The van der Waals surface area contributed by atoms with Crippen LogP contribution in [-0.4, -0.2) is 0 Å². The van der Waals surface area contributed by atoms with Crippen LogP contribution in [0.2, 0.25) is 5.02 Å².